The van der Waals surface area contributed by atoms with Gasteiger partial charge in [-0.15, -0.1) is 0 Å². The summed E-state index contributed by atoms with van der Waals surface area (Å²) in [6, 6.07) is 4.17. The van der Waals surface area contributed by atoms with Gasteiger partial charge in [-0.1, -0.05) is 0 Å². The zero-order valence-electron chi connectivity index (χ0n) is 14.8. The molecule has 0 radical (unpaired) electrons. The number of fused-ring (bicyclic) bond motifs is 1. The van der Waals surface area contributed by atoms with E-state index < -0.39 is 6.43 Å². The van der Waals surface area contributed by atoms with E-state index in [2.05, 4.69) is 23.8 Å². The van der Waals surface area contributed by atoms with E-state index in [4.69, 9.17) is 0 Å². The maximum Gasteiger partial charge on any atom is 0.264 e. The van der Waals surface area contributed by atoms with Crippen LogP contribution in [-0.2, 0) is 6.42 Å². The van der Waals surface area contributed by atoms with Gasteiger partial charge in [-0.2, -0.15) is 5.10 Å². The molecule has 0 fully saturated rings. The van der Waals surface area contributed by atoms with Gasteiger partial charge < -0.3 is 4.90 Å². The molecular weight excluding hydrogens is 308 g/mol. The molecule has 0 aliphatic carbocycles. The summed E-state index contributed by atoms with van der Waals surface area (Å²) in [5, 5.41) is 4.31. The second kappa shape index (κ2) is 6.54. The summed E-state index contributed by atoms with van der Waals surface area (Å²) in [6.45, 7) is 9.20. The lowest BCUT2D eigenvalue weighted by Gasteiger charge is -2.35. The van der Waals surface area contributed by atoms with Gasteiger partial charge in [0, 0.05) is 41.6 Å². The van der Waals surface area contributed by atoms with Crippen molar-refractivity contribution < 1.29 is 8.78 Å². The van der Waals surface area contributed by atoms with E-state index in [1.807, 2.05) is 30.8 Å². The second-order valence-corrected chi connectivity index (χ2v) is 7.06. The van der Waals surface area contributed by atoms with Crippen molar-refractivity contribution in [3.8, 4) is 11.1 Å². The quantitative estimate of drug-likeness (QED) is 0.764. The van der Waals surface area contributed by atoms with E-state index in [9.17, 15) is 8.78 Å². The highest BCUT2D eigenvalue weighted by Gasteiger charge is 2.25. The minimum absolute atomic E-state index is 0.101. The number of rotatable bonds is 4. The van der Waals surface area contributed by atoms with Crippen LogP contribution in [-0.4, -0.2) is 22.4 Å². The van der Waals surface area contributed by atoms with Crippen molar-refractivity contribution in [2.24, 2.45) is 0 Å². The van der Waals surface area contributed by atoms with Crippen LogP contribution in [0.1, 0.15) is 57.7 Å². The number of aromatic nitrogens is 2. The van der Waals surface area contributed by atoms with E-state index in [1.54, 1.807) is 12.3 Å². The van der Waals surface area contributed by atoms with Crippen LogP contribution in [0.25, 0.3) is 11.1 Å². The first-order valence-corrected chi connectivity index (χ1v) is 8.64. The normalized spacial score (nSPS) is 14.8. The lowest BCUT2D eigenvalue weighted by molar-refractivity contribution is 0.152. The number of anilines is 1. The van der Waals surface area contributed by atoms with Crippen LogP contribution in [0.3, 0.4) is 0 Å². The smallest absolute Gasteiger partial charge is 0.264 e. The van der Waals surface area contributed by atoms with Gasteiger partial charge in [-0.05, 0) is 63.8 Å². The number of hydrogen-bond acceptors (Lipinski definition) is 2. The maximum absolute atomic E-state index is 13.7. The molecular formula is C19H25F2N3. The highest BCUT2D eigenvalue weighted by Crippen LogP contribution is 2.39. The summed E-state index contributed by atoms with van der Waals surface area (Å²) >= 11 is 0. The molecule has 3 rings (SSSR count). The maximum atomic E-state index is 13.7. The number of alkyl halides is 2. The third-order valence-electron chi connectivity index (χ3n) is 4.71. The van der Waals surface area contributed by atoms with E-state index >= 15 is 0 Å². The summed E-state index contributed by atoms with van der Waals surface area (Å²) in [5.41, 5.74) is 3.60. The largest absolute Gasteiger partial charge is 0.369 e. The van der Waals surface area contributed by atoms with E-state index in [0.717, 1.165) is 36.2 Å². The SMILES string of the molecule is CC(C)N1CCCc2cc(-c3cnn(C(C)C)c3)c(C(F)F)cc21. The highest BCUT2D eigenvalue weighted by molar-refractivity contribution is 5.73. The molecule has 0 amide bonds. The molecule has 1 aliphatic heterocycles. The number of nitrogens with zero attached hydrogens (tertiary/aromatic N) is 3. The first kappa shape index (κ1) is 16.9. The number of aryl methyl sites for hydroxylation is 1. The fraction of sp³-hybridized carbons (Fsp3) is 0.526. The van der Waals surface area contributed by atoms with Gasteiger partial charge in [0.15, 0.2) is 0 Å². The molecule has 0 saturated carbocycles. The first-order chi connectivity index (χ1) is 11.4. The minimum Gasteiger partial charge on any atom is -0.369 e. The molecule has 0 spiro atoms. The molecule has 1 aromatic carbocycles. The van der Waals surface area contributed by atoms with Crippen LogP contribution in [0, 0.1) is 0 Å². The van der Waals surface area contributed by atoms with Crippen LogP contribution in [0.15, 0.2) is 24.5 Å². The van der Waals surface area contributed by atoms with Crippen molar-refractivity contribution in [3.63, 3.8) is 0 Å². The number of benzene rings is 1. The molecule has 3 nitrogen and oxygen atoms in total. The van der Waals surface area contributed by atoms with Gasteiger partial charge in [0.2, 0.25) is 0 Å². The topological polar surface area (TPSA) is 21.1 Å². The third kappa shape index (κ3) is 3.04. The van der Waals surface area contributed by atoms with Crippen molar-refractivity contribution in [2.45, 2.75) is 59.0 Å². The Balaban J connectivity index is 2.12. The van der Waals surface area contributed by atoms with E-state index in [0.29, 0.717) is 11.6 Å². The molecule has 0 unspecified atom stereocenters. The highest BCUT2D eigenvalue weighted by atomic mass is 19.3. The van der Waals surface area contributed by atoms with Gasteiger partial charge in [0.05, 0.1) is 6.20 Å². The number of halogens is 2. The molecule has 0 atom stereocenters. The average Bonchev–Trinajstić information content (AvgIpc) is 3.02. The molecule has 1 aliphatic rings. The molecule has 1 aromatic heterocycles. The van der Waals surface area contributed by atoms with E-state index in [1.165, 1.54) is 0 Å². The summed E-state index contributed by atoms with van der Waals surface area (Å²) in [7, 11) is 0. The van der Waals surface area contributed by atoms with Crippen molar-refractivity contribution in [2.75, 3.05) is 11.4 Å². The Labute approximate surface area is 142 Å². The molecule has 5 heteroatoms. The summed E-state index contributed by atoms with van der Waals surface area (Å²) in [4.78, 5) is 2.23. The molecule has 130 valence electrons. The van der Waals surface area contributed by atoms with Gasteiger partial charge in [0.25, 0.3) is 6.43 Å². The Hall–Kier alpha value is -1.91. The van der Waals surface area contributed by atoms with Gasteiger partial charge >= 0.3 is 0 Å². The molecule has 2 heterocycles. The third-order valence-corrected chi connectivity index (χ3v) is 4.71. The molecule has 0 saturated heterocycles. The fourth-order valence-corrected chi connectivity index (χ4v) is 3.40. The van der Waals surface area contributed by atoms with Crippen molar-refractivity contribution >= 4 is 5.69 Å². The predicted molar refractivity (Wildman–Crippen MR) is 93.8 cm³/mol. The van der Waals surface area contributed by atoms with Gasteiger partial charge in [0.1, 0.15) is 0 Å². The Bertz CT molecular complexity index is 719. The van der Waals surface area contributed by atoms with Crippen LogP contribution in [0.2, 0.25) is 0 Å². The molecule has 2 aromatic rings. The van der Waals surface area contributed by atoms with Crippen molar-refractivity contribution in [1.29, 1.82) is 0 Å². The monoisotopic (exact) mass is 333 g/mol. The molecule has 0 N–H and O–H groups in total. The predicted octanol–water partition coefficient (Wildman–Crippen LogP) is 5.23. The standard InChI is InChI=1S/C19H25F2N3/c1-12(2)23-7-5-6-14-8-16(17(19(20)21)9-18(14)23)15-10-22-24(11-15)13(3)4/h8-13,19H,5-7H2,1-4H3. The summed E-state index contributed by atoms with van der Waals surface area (Å²) in [5.74, 6) is 0. The minimum atomic E-state index is -2.50. The fourth-order valence-electron chi connectivity index (χ4n) is 3.40. The van der Waals surface area contributed by atoms with Crippen LogP contribution in [0.4, 0.5) is 14.5 Å². The first-order valence-electron chi connectivity index (χ1n) is 8.64. The Morgan fingerprint density at radius 2 is 1.83 bits per heavy atom. The van der Waals surface area contributed by atoms with Crippen LogP contribution >= 0.6 is 0 Å². The average molecular weight is 333 g/mol. The Morgan fingerprint density at radius 1 is 1.08 bits per heavy atom. The molecule has 0 bridgehead atoms. The summed E-state index contributed by atoms with van der Waals surface area (Å²) in [6.07, 6.45) is 3.05. The van der Waals surface area contributed by atoms with Crippen molar-refractivity contribution in [1.82, 2.24) is 9.78 Å². The summed E-state index contributed by atoms with van der Waals surface area (Å²) < 4.78 is 29.3. The Kier molecular flexibility index (Phi) is 4.61. The van der Waals surface area contributed by atoms with Crippen LogP contribution < -0.4 is 4.90 Å². The number of hydrogen-bond donors (Lipinski definition) is 0. The molecule has 24 heavy (non-hydrogen) atoms. The van der Waals surface area contributed by atoms with Crippen molar-refractivity contribution in [3.05, 3.63) is 35.7 Å². The zero-order valence-corrected chi connectivity index (χ0v) is 14.8. The lowest BCUT2D eigenvalue weighted by Crippen LogP contribution is -2.35. The zero-order chi connectivity index (χ0) is 17.4. The Morgan fingerprint density at radius 3 is 2.42 bits per heavy atom. The lowest BCUT2D eigenvalue weighted by atomic mass is 9.92. The van der Waals surface area contributed by atoms with Gasteiger partial charge in [-0.25, -0.2) is 8.78 Å². The van der Waals surface area contributed by atoms with Crippen LogP contribution in [0.5, 0.6) is 0 Å². The van der Waals surface area contributed by atoms with Gasteiger partial charge in [-0.3, -0.25) is 4.68 Å². The van der Waals surface area contributed by atoms with E-state index in [-0.39, 0.29) is 11.6 Å². The second-order valence-electron chi connectivity index (χ2n) is 7.06.